The van der Waals surface area contributed by atoms with Crippen LogP contribution in [-0.2, 0) is 6.54 Å². The van der Waals surface area contributed by atoms with Gasteiger partial charge in [-0.1, -0.05) is 31.9 Å². The van der Waals surface area contributed by atoms with Crippen LogP contribution in [-0.4, -0.2) is 9.55 Å². The van der Waals surface area contributed by atoms with Gasteiger partial charge in [0.2, 0.25) is 0 Å². The standard InChI is InChI=1S/C15H21ClN2/c1-4-5-6-10-18-13-9-7-8-11(2)14(13)17-15(18)12(3)16/h7-9,12H,4-6,10H2,1-3H3. The fraction of sp³-hybridized carbons (Fsp3) is 0.533. The van der Waals surface area contributed by atoms with E-state index in [0.29, 0.717) is 0 Å². The molecule has 0 aliphatic carbocycles. The van der Waals surface area contributed by atoms with Gasteiger partial charge in [0.25, 0.3) is 0 Å². The molecule has 2 rings (SSSR count). The second-order valence-electron chi connectivity index (χ2n) is 4.89. The number of imidazole rings is 1. The summed E-state index contributed by atoms with van der Waals surface area (Å²) in [6.45, 7) is 7.34. The number of aryl methyl sites for hydroxylation is 2. The first kappa shape index (κ1) is 13.4. The average Bonchev–Trinajstić information content (AvgIpc) is 2.70. The lowest BCUT2D eigenvalue weighted by atomic mass is 10.2. The zero-order valence-electron chi connectivity index (χ0n) is 11.4. The minimum Gasteiger partial charge on any atom is -0.327 e. The van der Waals surface area contributed by atoms with Crippen molar-refractivity contribution in [2.45, 2.75) is 52.0 Å². The molecule has 0 fully saturated rings. The summed E-state index contributed by atoms with van der Waals surface area (Å²) in [5, 5.41) is -0.0431. The van der Waals surface area contributed by atoms with Crippen LogP contribution in [0, 0.1) is 6.92 Å². The normalized spacial score (nSPS) is 13.1. The maximum atomic E-state index is 6.26. The highest BCUT2D eigenvalue weighted by Crippen LogP contribution is 2.26. The Bertz CT molecular complexity index is 529. The lowest BCUT2D eigenvalue weighted by Crippen LogP contribution is -2.04. The number of halogens is 1. The van der Waals surface area contributed by atoms with Gasteiger partial charge in [-0.05, 0) is 31.9 Å². The lowest BCUT2D eigenvalue weighted by molar-refractivity contribution is 0.591. The molecule has 2 aromatic rings. The summed E-state index contributed by atoms with van der Waals surface area (Å²) in [7, 11) is 0. The van der Waals surface area contributed by atoms with E-state index in [9.17, 15) is 0 Å². The molecular formula is C15H21ClN2. The van der Waals surface area contributed by atoms with E-state index in [1.54, 1.807) is 0 Å². The first-order valence-corrected chi connectivity index (χ1v) is 7.18. The van der Waals surface area contributed by atoms with Gasteiger partial charge in [0.15, 0.2) is 0 Å². The van der Waals surface area contributed by atoms with Crippen LogP contribution in [0.25, 0.3) is 11.0 Å². The van der Waals surface area contributed by atoms with Crippen LogP contribution in [0.1, 0.15) is 49.9 Å². The van der Waals surface area contributed by atoms with Crippen molar-refractivity contribution in [3.63, 3.8) is 0 Å². The molecule has 3 heteroatoms. The maximum absolute atomic E-state index is 6.26. The SMILES string of the molecule is CCCCCn1c(C(C)Cl)nc2c(C)cccc21. The smallest absolute Gasteiger partial charge is 0.127 e. The van der Waals surface area contributed by atoms with Gasteiger partial charge in [-0.3, -0.25) is 0 Å². The zero-order valence-corrected chi connectivity index (χ0v) is 12.2. The molecule has 1 aromatic carbocycles. The third-order valence-corrected chi connectivity index (χ3v) is 3.55. The van der Waals surface area contributed by atoms with Gasteiger partial charge in [-0.2, -0.15) is 0 Å². The first-order valence-electron chi connectivity index (χ1n) is 6.75. The molecule has 1 atom stereocenters. The molecule has 2 nitrogen and oxygen atoms in total. The van der Waals surface area contributed by atoms with Crippen molar-refractivity contribution >= 4 is 22.6 Å². The summed E-state index contributed by atoms with van der Waals surface area (Å²) in [5.41, 5.74) is 3.53. The van der Waals surface area contributed by atoms with Crippen LogP contribution in [0.15, 0.2) is 18.2 Å². The van der Waals surface area contributed by atoms with Crippen molar-refractivity contribution in [1.29, 1.82) is 0 Å². The second kappa shape index (κ2) is 5.75. The number of alkyl halides is 1. The molecule has 0 saturated heterocycles. The Morgan fingerprint density at radius 3 is 2.78 bits per heavy atom. The Morgan fingerprint density at radius 1 is 1.33 bits per heavy atom. The highest BCUT2D eigenvalue weighted by Gasteiger charge is 2.15. The van der Waals surface area contributed by atoms with Gasteiger partial charge in [-0.15, -0.1) is 11.6 Å². The highest BCUT2D eigenvalue weighted by atomic mass is 35.5. The summed E-state index contributed by atoms with van der Waals surface area (Å²) in [6, 6.07) is 6.34. The fourth-order valence-corrected chi connectivity index (χ4v) is 2.53. The molecular weight excluding hydrogens is 244 g/mol. The molecule has 0 bridgehead atoms. The van der Waals surface area contributed by atoms with E-state index >= 15 is 0 Å². The number of benzene rings is 1. The lowest BCUT2D eigenvalue weighted by Gasteiger charge is -2.10. The third kappa shape index (κ3) is 2.54. The van der Waals surface area contributed by atoms with Crippen molar-refractivity contribution in [3.05, 3.63) is 29.6 Å². The number of aromatic nitrogens is 2. The second-order valence-corrected chi connectivity index (χ2v) is 5.54. The topological polar surface area (TPSA) is 17.8 Å². The Balaban J connectivity index is 2.46. The van der Waals surface area contributed by atoms with E-state index in [1.807, 2.05) is 6.92 Å². The monoisotopic (exact) mass is 264 g/mol. The Labute approximate surface area is 114 Å². The van der Waals surface area contributed by atoms with Crippen LogP contribution in [0.2, 0.25) is 0 Å². The molecule has 0 radical (unpaired) electrons. The van der Waals surface area contributed by atoms with Crippen molar-refractivity contribution in [2.75, 3.05) is 0 Å². The third-order valence-electron chi connectivity index (χ3n) is 3.35. The highest BCUT2D eigenvalue weighted by molar-refractivity contribution is 6.20. The Kier molecular flexibility index (Phi) is 4.28. The number of unbranched alkanes of at least 4 members (excludes halogenated alkanes) is 2. The quantitative estimate of drug-likeness (QED) is 0.558. The van der Waals surface area contributed by atoms with Gasteiger partial charge in [0, 0.05) is 6.54 Å². The molecule has 1 heterocycles. The van der Waals surface area contributed by atoms with Gasteiger partial charge in [0.05, 0.1) is 16.4 Å². The van der Waals surface area contributed by atoms with Crippen LogP contribution in [0.4, 0.5) is 0 Å². The number of fused-ring (bicyclic) bond motifs is 1. The minimum absolute atomic E-state index is 0.0431. The number of hydrogen-bond donors (Lipinski definition) is 0. The molecule has 0 N–H and O–H groups in total. The molecule has 0 aliphatic heterocycles. The molecule has 0 spiro atoms. The summed E-state index contributed by atoms with van der Waals surface area (Å²) < 4.78 is 2.29. The van der Waals surface area contributed by atoms with Crippen molar-refractivity contribution in [1.82, 2.24) is 9.55 Å². The average molecular weight is 265 g/mol. The molecule has 0 amide bonds. The molecule has 0 saturated carbocycles. The summed E-state index contributed by atoms with van der Waals surface area (Å²) >= 11 is 6.26. The van der Waals surface area contributed by atoms with Gasteiger partial charge in [-0.25, -0.2) is 4.98 Å². The van der Waals surface area contributed by atoms with E-state index in [2.05, 4.69) is 36.6 Å². The van der Waals surface area contributed by atoms with Crippen LogP contribution in [0.5, 0.6) is 0 Å². The number of rotatable bonds is 5. The molecule has 0 aliphatic rings. The van der Waals surface area contributed by atoms with Crippen LogP contribution >= 0.6 is 11.6 Å². The van der Waals surface area contributed by atoms with E-state index in [-0.39, 0.29) is 5.38 Å². The fourth-order valence-electron chi connectivity index (χ4n) is 2.36. The van der Waals surface area contributed by atoms with Gasteiger partial charge in [0.1, 0.15) is 5.82 Å². The van der Waals surface area contributed by atoms with Crippen LogP contribution < -0.4 is 0 Å². The minimum atomic E-state index is -0.0431. The van der Waals surface area contributed by atoms with Crippen molar-refractivity contribution in [2.24, 2.45) is 0 Å². The molecule has 18 heavy (non-hydrogen) atoms. The number of para-hydroxylation sites is 1. The van der Waals surface area contributed by atoms with Gasteiger partial charge >= 0.3 is 0 Å². The van der Waals surface area contributed by atoms with E-state index in [1.165, 1.54) is 30.3 Å². The first-order chi connectivity index (χ1) is 8.65. The predicted octanol–water partition coefficient (Wildman–Crippen LogP) is 4.83. The zero-order chi connectivity index (χ0) is 13.1. The van der Waals surface area contributed by atoms with Crippen LogP contribution in [0.3, 0.4) is 0 Å². The Hall–Kier alpha value is -1.02. The number of nitrogens with zero attached hydrogens (tertiary/aromatic N) is 2. The van der Waals surface area contributed by atoms with Crippen molar-refractivity contribution < 1.29 is 0 Å². The number of hydrogen-bond acceptors (Lipinski definition) is 1. The van der Waals surface area contributed by atoms with E-state index < -0.39 is 0 Å². The van der Waals surface area contributed by atoms with Gasteiger partial charge < -0.3 is 4.57 Å². The molecule has 98 valence electrons. The summed E-state index contributed by atoms with van der Waals surface area (Å²) in [4.78, 5) is 4.72. The van der Waals surface area contributed by atoms with E-state index in [4.69, 9.17) is 16.6 Å². The summed E-state index contributed by atoms with van der Waals surface area (Å²) in [6.07, 6.45) is 3.67. The summed E-state index contributed by atoms with van der Waals surface area (Å²) in [5.74, 6) is 0.997. The van der Waals surface area contributed by atoms with Crippen molar-refractivity contribution in [3.8, 4) is 0 Å². The van der Waals surface area contributed by atoms with E-state index in [0.717, 1.165) is 17.9 Å². The molecule has 1 unspecified atom stereocenters. The largest absolute Gasteiger partial charge is 0.327 e. The maximum Gasteiger partial charge on any atom is 0.127 e. The molecule has 1 aromatic heterocycles. The predicted molar refractivity (Wildman–Crippen MR) is 78.3 cm³/mol. The Morgan fingerprint density at radius 2 is 2.11 bits per heavy atom.